The molecule has 1 fully saturated rings. The highest BCUT2D eigenvalue weighted by Gasteiger charge is 2.39. The molecule has 40 heavy (non-hydrogen) atoms. The van der Waals surface area contributed by atoms with Crippen LogP contribution in [0.3, 0.4) is 0 Å². The summed E-state index contributed by atoms with van der Waals surface area (Å²) in [7, 11) is 0. The number of thioether (sulfide) groups is 1. The summed E-state index contributed by atoms with van der Waals surface area (Å²) in [5, 5.41) is 19.0. The lowest BCUT2D eigenvalue weighted by Crippen LogP contribution is -2.58. The van der Waals surface area contributed by atoms with Gasteiger partial charge >= 0.3 is 5.97 Å². The minimum absolute atomic E-state index is 0.0731. The first-order valence-corrected chi connectivity index (χ1v) is 14.4. The highest BCUT2D eigenvalue weighted by Crippen LogP contribution is 2.20. The highest BCUT2D eigenvalue weighted by molar-refractivity contribution is 7.98. The summed E-state index contributed by atoms with van der Waals surface area (Å²) in [5.41, 5.74) is 10.8. The SMILES string of the molecule is CSCC[C@H](NC(=O)[C@H](C)NC(=O)[C@@H]1CCCN1C(=O)[C@H](CCC(N)=O)NC(=O)[C@H](C)N)C(=O)N[C@@H](C)C(=O)O. The largest absolute Gasteiger partial charge is 0.480 e. The molecule has 0 radical (unpaired) electrons. The van der Waals surface area contributed by atoms with E-state index in [4.69, 9.17) is 16.6 Å². The second-order valence-electron chi connectivity index (χ2n) is 9.69. The van der Waals surface area contributed by atoms with E-state index in [2.05, 4.69) is 21.3 Å². The molecule has 9 N–H and O–H groups in total. The Kier molecular flexibility index (Phi) is 14.4. The number of primary amides is 1. The quantitative estimate of drug-likeness (QED) is 0.0993. The van der Waals surface area contributed by atoms with Gasteiger partial charge in [-0.05, 0) is 58.5 Å². The number of carbonyl (C=O) groups is 7. The van der Waals surface area contributed by atoms with Crippen LogP contribution in [0.1, 0.15) is 52.9 Å². The topological polar surface area (TPSA) is 243 Å². The van der Waals surface area contributed by atoms with Gasteiger partial charge in [-0.2, -0.15) is 11.8 Å². The molecule has 6 atom stereocenters. The van der Waals surface area contributed by atoms with Crippen LogP contribution in [0.2, 0.25) is 0 Å². The maximum atomic E-state index is 13.3. The molecule has 1 aliphatic heterocycles. The smallest absolute Gasteiger partial charge is 0.325 e. The number of carbonyl (C=O) groups excluding carboxylic acids is 6. The minimum atomic E-state index is -1.23. The lowest BCUT2D eigenvalue weighted by atomic mass is 10.1. The number of rotatable bonds is 16. The molecule has 15 nitrogen and oxygen atoms in total. The van der Waals surface area contributed by atoms with Crippen LogP contribution in [0.5, 0.6) is 0 Å². The Hall–Kier alpha value is -3.40. The van der Waals surface area contributed by atoms with Crippen LogP contribution in [0.25, 0.3) is 0 Å². The van der Waals surface area contributed by atoms with E-state index in [0.717, 1.165) is 0 Å². The highest BCUT2D eigenvalue weighted by atomic mass is 32.2. The van der Waals surface area contributed by atoms with Gasteiger partial charge in [0.1, 0.15) is 30.2 Å². The number of nitrogens with two attached hydrogens (primary N) is 2. The molecule has 0 aliphatic carbocycles. The number of hydrogen-bond donors (Lipinski definition) is 7. The molecule has 0 saturated carbocycles. The van der Waals surface area contributed by atoms with Gasteiger partial charge in [0.25, 0.3) is 0 Å². The zero-order chi connectivity index (χ0) is 30.6. The molecule has 6 amide bonds. The van der Waals surface area contributed by atoms with Crippen molar-refractivity contribution in [3.05, 3.63) is 0 Å². The number of aliphatic carboxylic acids is 1. The molecule has 0 spiro atoms. The second kappa shape index (κ2) is 16.6. The number of likely N-dealkylation sites (tertiary alicyclic amines) is 1. The Balaban J connectivity index is 2.91. The molecule has 16 heteroatoms. The first-order valence-electron chi connectivity index (χ1n) is 13.0. The zero-order valence-corrected chi connectivity index (χ0v) is 24.0. The third-order valence-corrected chi connectivity index (χ3v) is 6.91. The molecule has 0 aromatic carbocycles. The standard InChI is InChI=1S/C24H41N7O8S/c1-12(25)19(33)30-16(7-8-18(26)32)23(37)31-10-5-6-17(31)22(36)27-13(2)20(34)29-15(9-11-40-4)21(35)28-14(3)24(38)39/h12-17H,5-11,25H2,1-4H3,(H2,26,32)(H,27,36)(H,28,35)(H,29,34)(H,30,33)(H,38,39)/t12-,13-,14-,15-,16-,17-/m0/s1. The van der Waals surface area contributed by atoms with Gasteiger partial charge in [0.2, 0.25) is 35.4 Å². The summed E-state index contributed by atoms with van der Waals surface area (Å²) < 4.78 is 0. The van der Waals surface area contributed by atoms with E-state index in [1.54, 1.807) is 0 Å². The maximum absolute atomic E-state index is 13.3. The molecule has 0 unspecified atom stereocenters. The molecule has 0 aromatic heterocycles. The molecule has 0 aromatic rings. The fourth-order valence-electron chi connectivity index (χ4n) is 3.90. The molecular weight excluding hydrogens is 546 g/mol. The van der Waals surface area contributed by atoms with E-state index < -0.39 is 77.7 Å². The van der Waals surface area contributed by atoms with Gasteiger partial charge < -0.3 is 42.7 Å². The molecule has 0 bridgehead atoms. The van der Waals surface area contributed by atoms with Crippen molar-refractivity contribution in [3.63, 3.8) is 0 Å². The van der Waals surface area contributed by atoms with Gasteiger partial charge in [0, 0.05) is 13.0 Å². The lowest BCUT2D eigenvalue weighted by Gasteiger charge is -2.30. The third kappa shape index (κ3) is 11.0. The summed E-state index contributed by atoms with van der Waals surface area (Å²) in [5.74, 6) is -4.51. The Labute approximate surface area is 237 Å². The number of carboxylic acids is 1. The third-order valence-electron chi connectivity index (χ3n) is 6.27. The molecule has 1 rings (SSSR count). The van der Waals surface area contributed by atoms with Crippen LogP contribution in [0.15, 0.2) is 0 Å². The average Bonchev–Trinajstić information content (AvgIpc) is 3.37. The predicted molar refractivity (Wildman–Crippen MR) is 147 cm³/mol. The van der Waals surface area contributed by atoms with Gasteiger partial charge in [-0.15, -0.1) is 0 Å². The van der Waals surface area contributed by atoms with Crippen LogP contribution in [-0.2, 0) is 33.6 Å². The maximum Gasteiger partial charge on any atom is 0.325 e. The fraction of sp³-hybridized carbons (Fsp3) is 0.708. The summed E-state index contributed by atoms with van der Waals surface area (Å²) in [4.78, 5) is 87.6. The molecule has 1 heterocycles. The zero-order valence-electron chi connectivity index (χ0n) is 23.2. The van der Waals surface area contributed by atoms with Gasteiger partial charge in [-0.25, -0.2) is 0 Å². The Morgan fingerprint density at radius 1 is 0.900 bits per heavy atom. The van der Waals surface area contributed by atoms with Gasteiger partial charge in [0.15, 0.2) is 0 Å². The van der Waals surface area contributed by atoms with Crippen molar-refractivity contribution >= 4 is 53.2 Å². The Bertz CT molecular complexity index is 964. The van der Waals surface area contributed by atoms with E-state index in [9.17, 15) is 33.6 Å². The average molecular weight is 588 g/mol. The summed E-state index contributed by atoms with van der Waals surface area (Å²) in [6, 6.07) is -6.23. The number of nitrogens with one attached hydrogen (secondary N) is 4. The van der Waals surface area contributed by atoms with Crippen LogP contribution >= 0.6 is 11.8 Å². The van der Waals surface area contributed by atoms with E-state index in [-0.39, 0.29) is 25.8 Å². The van der Waals surface area contributed by atoms with Crippen LogP contribution in [-0.4, -0.2) is 106 Å². The van der Waals surface area contributed by atoms with E-state index >= 15 is 0 Å². The number of carboxylic acid groups (broad SMARTS) is 1. The lowest BCUT2D eigenvalue weighted by molar-refractivity contribution is -0.142. The number of nitrogens with zero attached hydrogens (tertiary/aromatic N) is 1. The first kappa shape index (κ1) is 34.6. The van der Waals surface area contributed by atoms with Gasteiger partial charge in [0.05, 0.1) is 6.04 Å². The van der Waals surface area contributed by atoms with Gasteiger partial charge in [-0.1, -0.05) is 0 Å². The van der Waals surface area contributed by atoms with Crippen molar-refractivity contribution in [3.8, 4) is 0 Å². The van der Waals surface area contributed by atoms with E-state index in [1.807, 2.05) is 6.26 Å². The van der Waals surface area contributed by atoms with Crippen molar-refractivity contribution in [2.45, 2.75) is 89.1 Å². The predicted octanol–water partition coefficient (Wildman–Crippen LogP) is -2.59. The number of hydrogen-bond acceptors (Lipinski definition) is 9. The molecule has 226 valence electrons. The monoisotopic (exact) mass is 587 g/mol. The summed E-state index contributed by atoms with van der Waals surface area (Å²) in [6.45, 7) is 4.37. The molecule has 1 saturated heterocycles. The second-order valence-corrected chi connectivity index (χ2v) is 10.7. The van der Waals surface area contributed by atoms with Crippen molar-refractivity contribution in [2.24, 2.45) is 11.5 Å². The minimum Gasteiger partial charge on any atom is -0.480 e. The van der Waals surface area contributed by atoms with Crippen molar-refractivity contribution in [1.29, 1.82) is 0 Å². The van der Waals surface area contributed by atoms with Crippen LogP contribution < -0.4 is 32.7 Å². The van der Waals surface area contributed by atoms with Crippen molar-refractivity contribution < 1.29 is 38.7 Å². The number of amides is 6. The van der Waals surface area contributed by atoms with Crippen LogP contribution in [0.4, 0.5) is 0 Å². The summed E-state index contributed by atoms with van der Waals surface area (Å²) in [6.07, 6.45) is 2.60. The Morgan fingerprint density at radius 3 is 2.08 bits per heavy atom. The first-order chi connectivity index (χ1) is 18.7. The molecular formula is C24H41N7O8S. The van der Waals surface area contributed by atoms with E-state index in [0.29, 0.717) is 18.6 Å². The van der Waals surface area contributed by atoms with E-state index in [1.165, 1.54) is 37.4 Å². The van der Waals surface area contributed by atoms with Crippen molar-refractivity contribution in [1.82, 2.24) is 26.2 Å². The van der Waals surface area contributed by atoms with Gasteiger partial charge in [-0.3, -0.25) is 33.6 Å². The Morgan fingerprint density at radius 2 is 1.52 bits per heavy atom. The van der Waals surface area contributed by atoms with Crippen molar-refractivity contribution in [2.75, 3.05) is 18.6 Å². The fourth-order valence-corrected chi connectivity index (χ4v) is 4.37. The molecule has 1 aliphatic rings. The summed E-state index contributed by atoms with van der Waals surface area (Å²) >= 11 is 1.44. The van der Waals surface area contributed by atoms with Crippen LogP contribution in [0, 0.1) is 0 Å². The normalized spacial score (nSPS) is 18.4.